The predicted octanol–water partition coefficient (Wildman–Crippen LogP) is 4.52. The van der Waals surface area contributed by atoms with E-state index in [4.69, 9.17) is 34.8 Å². The summed E-state index contributed by atoms with van der Waals surface area (Å²) in [6.45, 7) is 1.82. The molecule has 1 amide bonds. The zero-order valence-corrected chi connectivity index (χ0v) is 15.8. The van der Waals surface area contributed by atoms with Crippen molar-refractivity contribution < 1.29 is 9.72 Å². The van der Waals surface area contributed by atoms with E-state index in [1.807, 2.05) is 4.90 Å². The van der Waals surface area contributed by atoms with Crippen LogP contribution in [0.2, 0.25) is 15.1 Å². The summed E-state index contributed by atoms with van der Waals surface area (Å²) in [6.07, 6.45) is 0. The average Bonchev–Trinajstić information content (AvgIpc) is 2.60. The lowest BCUT2D eigenvalue weighted by Crippen LogP contribution is -2.49. The van der Waals surface area contributed by atoms with Crippen LogP contribution in [0.4, 0.5) is 11.4 Å². The van der Waals surface area contributed by atoms with Crippen LogP contribution < -0.4 is 4.90 Å². The minimum Gasteiger partial charge on any atom is -0.362 e. The predicted molar refractivity (Wildman–Crippen MR) is 103 cm³/mol. The fourth-order valence-electron chi connectivity index (χ4n) is 2.92. The van der Waals surface area contributed by atoms with E-state index in [0.717, 1.165) is 0 Å². The molecule has 1 heterocycles. The van der Waals surface area contributed by atoms with Crippen LogP contribution in [0.1, 0.15) is 10.4 Å². The molecule has 1 aliphatic rings. The van der Waals surface area contributed by atoms with Crippen LogP contribution in [-0.2, 0) is 0 Å². The summed E-state index contributed by atoms with van der Waals surface area (Å²) < 4.78 is 0. The average molecular weight is 415 g/mol. The second kappa shape index (κ2) is 7.70. The zero-order valence-electron chi connectivity index (χ0n) is 13.5. The monoisotopic (exact) mass is 413 g/mol. The highest BCUT2D eigenvalue weighted by Gasteiger charge is 2.26. The molecule has 1 fully saturated rings. The van der Waals surface area contributed by atoms with Gasteiger partial charge in [0.05, 0.1) is 4.92 Å². The molecule has 0 unspecified atom stereocenters. The minimum atomic E-state index is -0.452. The van der Waals surface area contributed by atoms with Gasteiger partial charge in [-0.3, -0.25) is 14.9 Å². The zero-order chi connectivity index (χ0) is 18.8. The third-order valence-corrected chi connectivity index (χ3v) is 4.82. The third-order valence-electron chi connectivity index (χ3n) is 4.15. The summed E-state index contributed by atoms with van der Waals surface area (Å²) in [6, 6.07) is 9.31. The minimum absolute atomic E-state index is 0.0427. The molecule has 0 aromatic heterocycles. The van der Waals surface area contributed by atoms with Crippen molar-refractivity contribution in [2.75, 3.05) is 31.1 Å². The molecule has 0 saturated carbocycles. The Bertz CT molecular complexity index is 847. The van der Waals surface area contributed by atoms with Crippen molar-refractivity contribution >= 4 is 52.1 Å². The quantitative estimate of drug-likeness (QED) is 0.547. The van der Waals surface area contributed by atoms with E-state index in [-0.39, 0.29) is 11.6 Å². The van der Waals surface area contributed by atoms with Gasteiger partial charge < -0.3 is 9.80 Å². The molecular formula is C17H14Cl3N3O3. The Labute approximate surface area is 165 Å². The number of hydrogen-bond acceptors (Lipinski definition) is 4. The maximum Gasteiger partial charge on any atom is 0.294 e. The van der Waals surface area contributed by atoms with Gasteiger partial charge in [-0.05, 0) is 30.3 Å². The Morgan fingerprint density at radius 1 is 0.923 bits per heavy atom. The summed E-state index contributed by atoms with van der Waals surface area (Å²) in [5.41, 5.74) is 0.879. The number of rotatable bonds is 3. The number of nitro benzene ring substituents is 1. The van der Waals surface area contributed by atoms with E-state index in [0.29, 0.717) is 52.5 Å². The van der Waals surface area contributed by atoms with E-state index in [1.165, 1.54) is 6.07 Å². The van der Waals surface area contributed by atoms with Gasteiger partial charge >= 0.3 is 0 Å². The van der Waals surface area contributed by atoms with Crippen molar-refractivity contribution in [2.45, 2.75) is 0 Å². The number of hydrogen-bond donors (Lipinski definition) is 0. The molecule has 26 heavy (non-hydrogen) atoms. The largest absolute Gasteiger partial charge is 0.362 e. The van der Waals surface area contributed by atoms with Gasteiger partial charge in [-0.25, -0.2) is 0 Å². The molecular weight excluding hydrogens is 401 g/mol. The standard InChI is InChI=1S/C17H14Cl3N3O3/c18-12-1-2-15(16(10-12)23(25)26)21-3-5-22(6-4-21)17(24)11-7-13(19)9-14(20)8-11/h1-2,7-10H,3-6H2. The first-order valence-corrected chi connectivity index (χ1v) is 8.93. The summed E-state index contributed by atoms with van der Waals surface area (Å²) in [4.78, 5) is 27.0. The third kappa shape index (κ3) is 4.03. The van der Waals surface area contributed by atoms with Gasteiger partial charge in [0.1, 0.15) is 5.69 Å². The van der Waals surface area contributed by atoms with Crippen molar-refractivity contribution in [3.05, 3.63) is 67.1 Å². The molecule has 1 saturated heterocycles. The molecule has 0 spiro atoms. The Morgan fingerprint density at radius 3 is 2.12 bits per heavy atom. The fourth-order valence-corrected chi connectivity index (χ4v) is 3.61. The van der Waals surface area contributed by atoms with Gasteiger partial charge in [0.2, 0.25) is 0 Å². The SMILES string of the molecule is O=C(c1cc(Cl)cc(Cl)c1)N1CCN(c2ccc(Cl)cc2[N+](=O)[O-])CC1. The highest BCUT2D eigenvalue weighted by atomic mass is 35.5. The number of halogens is 3. The number of carbonyl (C=O) groups is 1. The highest BCUT2D eigenvalue weighted by Crippen LogP contribution is 2.32. The van der Waals surface area contributed by atoms with Crippen LogP contribution in [0.25, 0.3) is 0 Å². The van der Waals surface area contributed by atoms with Crippen LogP contribution >= 0.6 is 34.8 Å². The van der Waals surface area contributed by atoms with Crippen LogP contribution in [0.3, 0.4) is 0 Å². The fraction of sp³-hybridized carbons (Fsp3) is 0.235. The Morgan fingerprint density at radius 2 is 1.54 bits per heavy atom. The molecule has 6 nitrogen and oxygen atoms in total. The summed E-state index contributed by atoms with van der Waals surface area (Å²) in [7, 11) is 0. The lowest BCUT2D eigenvalue weighted by molar-refractivity contribution is -0.384. The molecule has 2 aromatic carbocycles. The van der Waals surface area contributed by atoms with E-state index in [2.05, 4.69) is 0 Å². The molecule has 0 bridgehead atoms. The van der Waals surface area contributed by atoms with Crippen LogP contribution in [0.15, 0.2) is 36.4 Å². The molecule has 0 N–H and O–H groups in total. The number of piperazine rings is 1. The topological polar surface area (TPSA) is 66.7 Å². The highest BCUT2D eigenvalue weighted by molar-refractivity contribution is 6.35. The normalized spacial score (nSPS) is 14.4. The van der Waals surface area contributed by atoms with E-state index >= 15 is 0 Å². The second-order valence-corrected chi connectivity index (χ2v) is 7.14. The van der Waals surface area contributed by atoms with E-state index in [9.17, 15) is 14.9 Å². The molecule has 3 rings (SSSR count). The number of nitro groups is 1. The van der Waals surface area contributed by atoms with Gasteiger partial charge in [0.15, 0.2) is 0 Å². The second-order valence-electron chi connectivity index (χ2n) is 5.83. The van der Waals surface area contributed by atoms with Crippen molar-refractivity contribution in [3.8, 4) is 0 Å². The Kier molecular flexibility index (Phi) is 5.55. The van der Waals surface area contributed by atoms with Crippen LogP contribution in [-0.4, -0.2) is 41.9 Å². The summed E-state index contributed by atoms with van der Waals surface area (Å²) in [5, 5.41) is 12.4. The molecule has 1 aliphatic heterocycles. The molecule has 136 valence electrons. The van der Waals surface area contributed by atoms with Gasteiger partial charge in [0, 0.05) is 52.9 Å². The smallest absolute Gasteiger partial charge is 0.294 e. The van der Waals surface area contributed by atoms with Gasteiger partial charge in [-0.2, -0.15) is 0 Å². The molecule has 0 atom stereocenters. The van der Waals surface area contributed by atoms with E-state index in [1.54, 1.807) is 35.2 Å². The number of anilines is 1. The van der Waals surface area contributed by atoms with Crippen LogP contribution in [0.5, 0.6) is 0 Å². The van der Waals surface area contributed by atoms with Crippen molar-refractivity contribution in [1.29, 1.82) is 0 Å². The Hall–Kier alpha value is -2.02. The number of amides is 1. The first-order valence-electron chi connectivity index (χ1n) is 7.79. The number of carbonyl (C=O) groups excluding carboxylic acids is 1. The summed E-state index contributed by atoms with van der Waals surface area (Å²) in [5.74, 6) is -0.167. The molecule has 2 aromatic rings. The lowest BCUT2D eigenvalue weighted by Gasteiger charge is -2.35. The van der Waals surface area contributed by atoms with Gasteiger partial charge in [-0.1, -0.05) is 34.8 Å². The van der Waals surface area contributed by atoms with Crippen LogP contribution in [0, 0.1) is 10.1 Å². The van der Waals surface area contributed by atoms with Crippen molar-refractivity contribution in [2.24, 2.45) is 0 Å². The Balaban J connectivity index is 1.73. The number of benzene rings is 2. The molecule has 0 radical (unpaired) electrons. The maximum atomic E-state index is 12.6. The maximum absolute atomic E-state index is 12.6. The first kappa shape index (κ1) is 18.8. The molecule has 9 heteroatoms. The molecule has 0 aliphatic carbocycles. The van der Waals surface area contributed by atoms with E-state index < -0.39 is 4.92 Å². The number of nitrogens with zero attached hydrogens (tertiary/aromatic N) is 3. The first-order chi connectivity index (χ1) is 12.3. The van der Waals surface area contributed by atoms with Crippen molar-refractivity contribution in [1.82, 2.24) is 4.90 Å². The lowest BCUT2D eigenvalue weighted by atomic mass is 10.1. The summed E-state index contributed by atoms with van der Waals surface area (Å²) >= 11 is 17.8. The van der Waals surface area contributed by atoms with Gasteiger partial charge in [0.25, 0.3) is 11.6 Å². The van der Waals surface area contributed by atoms with Gasteiger partial charge in [-0.15, -0.1) is 0 Å². The van der Waals surface area contributed by atoms with Crippen molar-refractivity contribution in [3.63, 3.8) is 0 Å².